The summed E-state index contributed by atoms with van der Waals surface area (Å²) in [6.07, 6.45) is -4.60. The van der Waals surface area contributed by atoms with Gasteiger partial charge in [0.2, 0.25) is 0 Å². The monoisotopic (exact) mass is 317 g/mol. The Morgan fingerprint density at radius 1 is 1.37 bits per heavy atom. The van der Waals surface area contributed by atoms with Gasteiger partial charge in [0.15, 0.2) is 0 Å². The van der Waals surface area contributed by atoms with Crippen LogP contribution in [0.1, 0.15) is 18.7 Å². The van der Waals surface area contributed by atoms with Gasteiger partial charge in [-0.25, -0.2) is 8.42 Å². The van der Waals surface area contributed by atoms with E-state index in [4.69, 9.17) is 5.11 Å². The number of sulfonamides is 1. The zero-order chi connectivity index (χ0) is 14.8. The van der Waals surface area contributed by atoms with Gasteiger partial charge in [-0.2, -0.15) is 17.5 Å². The van der Waals surface area contributed by atoms with Gasteiger partial charge < -0.3 is 5.11 Å². The molecule has 0 unspecified atom stereocenters. The number of thiophene rings is 1. The molecule has 1 N–H and O–H groups in total. The van der Waals surface area contributed by atoms with E-state index in [2.05, 4.69) is 0 Å². The minimum atomic E-state index is -4.60. The van der Waals surface area contributed by atoms with E-state index < -0.39 is 28.8 Å². The Bertz CT molecular complexity index is 522. The van der Waals surface area contributed by atoms with Crippen LogP contribution in [-0.2, 0) is 16.6 Å². The van der Waals surface area contributed by atoms with Gasteiger partial charge in [0, 0.05) is 10.9 Å². The van der Waals surface area contributed by atoms with Gasteiger partial charge in [-0.1, -0.05) is 0 Å². The van der Waals surface area contributed by atoms with E-state index in [-0.39, 0.29) is 10.8 Å². The maximum absolute atomic E-state index is 12.4. The van der Waals surface area contributed by atoms with Gasteiger partial charge >= 0.3 is 6.18 Å². The second-order valence-corrected chi connectivity index (χ2v) is 7.42. The van der Waals surface area contributed by atoms with Crippen molar-refractivity contribution in [3.8, 4) is 0 Å². The fourth-order valence-electron chi connectivity index (χ4n) is 1.42. The van der Waals surface area contributed by atoms with Crippen LogP contribution in [0.5, 0.6) is 0 Å². The molecule has 0 aromatic carbocycles. The Hall–Kier alpha value is -0.640. The second kappa shape index (κ2) is 5.78. The van der Waals surface area contributed by atoms with Crippen molar-refractivity contribution in [2.24, 2.45) is 0 Å². The molecule has 0 atom stereocenters. The minimum Gasteiger partial charge on any atom is -0.391 e. The van der Waals surface area contributed by atoms with Crippen molar-refractivity contribution in [1.82, 2.24) is 4.31 Å². The van der Waals surface area contributed by atoms with Gasteiger partial charge in [-0.15, -0.1) is 11.3 Å². The molecular formula is C10H14F3NO3S2. The molecular weight excluding hydrogens is 303 g/mol. The number of aliphatic hydroxyl groups is 1. The van der Waals surface area contributed by atoms with Crippen molar-refractivity contribution in [3.05, 3.63) is 17.0 Å². The molecule has 0 saturated carbocycles. The molecule has 110 valence electrons. The van der Waals surface area contributed by atoms with Crippen molar-refractivity contribution in [2.75, 3.05) is 6.54 Å². The van der Waals surface area contributed by atoms with Crippen LogP contribution in [0.25, 0.3) is 0 Å². The lowest BCUT2D eigenvalue weighted by atomic mass is 10.4. The Labute approximate surface area is 113 Å². The minimum absolute atomic E-state index is 0.200. The summed E-state index contributed by atoms with van der Waals surface area (Å²) >= 11 is 0.765. The van der Waals surface area contributed by atoms with E-state index in [1.807, 2.05) is 0 Å². The number of nitrogens with zero attached hydrogens (tertiary/aromatic N) is 1. The van der Waals surface area contributed by atoms with Crippen molar-refractivity contribution in [2.45, 2.75) is 36.9 Å². The first-order valence-electron chi connectivity index (χ1n) is 5.36. The first-order chi connectivity index (χ1) is 8.58. The molecule has 0 fully saturated rings. The largest absolute Gasteiger partial charge is 0.402 e. The highest BCUT2D eigenvalue weighted by Gasteiger charge is 2.38. The first kappa shape index (κ1) is 16.4. The number of aliphatic hydroxyl groups excluding tert-OH is 1. The van der Waals surface area contributed by atoms with Crippen LogP contribution in [0.2, 0.25) is 0 Å². The zero-order valence-electron chi connectivity index (χ0n) is 10.3. The summed E-state index contributed by atoms with van der Waals surface area (Å²) in [5.41, 5.74) is 0. The lowest BCUT2D eigenvalue weighted by Gasteiger charge is -2.26. The van der Waals surface area contributed by atoms with Gasteiger partial charge in [0.05, 0.1) is 6.61 Å². The first-order valence-corrected chi connectivity index (χ1v) is 7.61. The summed E-state index contributed by atoms with van der Waals surface area (Å²) in [4.78, 5) is 0.384. The van der Waals surface area contributed by atoms with Crippen LogP contribution in [0.4, 0.5) is 13.2 Å². The third-order valence-electron chi connectivity index (χ3n) is 2.27. The lowest BCUT2D eigenvalue weighted by Crippen LogP contribution is -2.42. The third-order valence-corrected chi connectivity index (χ3v) is 5.83. The normalized spacial score (nSPS) is 13.5. The van der Waals surface area contributed by atoms with Crippen LogP contribution in [-0.4, -0.2) is 36.6 Å². The molecule has 1 rings (SSSR count). The molecule has 0 amide bonds. The van der Waals surface area contributed by atoms with E-state index in [1.54, 1.807) is 0 Å². The molecule has 0 aliphatic heterocycles. The van der Waals surface area contributed by atoms with Gasteiger partial charge in [0.1, 0.15) is 10.8 Å². The Morgan fingerprint density at radius 3 is 2.32 bits per heavy atom. The summed E-state index contributed by atoms with van der Waals surface area (Å²) in [6.45, 7) is 0.883. The predicted molar refractivity (Wildman–Crippen MR) is 65.3 cm³/mol. The Balaban J connectivity index is 3.13. The highest BCUT2D eigenvalue weighted by atomic mass is 32.2. The Kier molecular flexibility index (Phi) is 4.99. The smallest absolute Gasteiger partial charge is 0.391 e. The number of alkyl halides is 3. The van der Waals surface area contributed by atoms with E-state index >= 15 is 0 Å². The van der Waals surface area contributed by atoms with Gasteiger partial charge in [-0.05, 0) is 26.0 Å². The molecule has 19 heavy (non-hydrogen) atoms. The number of rotatable bonds is 5. The maximum Gasteiger partial charge on any atom is 0.402 e. The van der Waals surface area contributed by atoms with Crippen molar-refractivity contribution < 1.29 is 26.7 Å². The molecule has 4 nitrogen and oxygen atoms in total. The SMILES string of the molecule is CC(C)N(CC(F)(F)F)S(=O)(=O)c1ccc(CO)s1. The van der Waals surface area contributed by atoms with Crippen molar-refractivity contribution >= 4 is 21.4 Å². The van der Waals surface area contributed by atoms with Crippen molar-refractivity contribution in [1.29, 1.82) is 0 Å². The number of halogens is 3. The van der Waals surface area contributed by atoms with Gasteiger partial charge in [-0.3, -0.25) is 0 Å². The zero-order valence-corrected chi connectivity index (χ0v) is 11.9. The summed E-state index contributed by atoms with van der Waals surface area (Å²) in [5.74, 6) is 0. The van der Waals surface area contributed by atoms with Gasteiger partial charge in [0.25, 0.3) is 10.0 Å². The summed E-state index contributed by atoms with van der Waals surface area (Å²) < 4.78 is 61.8. The molecule has 1 heterocycles. The van der Waals surface area contributed by atoms with E-state index in [1.165, 1.54) is 26.0 Å². The highest BCUT2D eigenvalue weighted by Crippen LogP contribution is 2.29. The van der Waals surface area contributed by atoms with E-state index in [0.29, 0.717) is 9.18 Å². The topological polar surface area (TPSA) is 57.6 Å². The molecule has 1 aromatic heterocycles. The molecule has 0 spiro atoms. The van der Waals surface area contributed by atoms with Crippen LogP contribution < -0.4 is 0 Å². The van der Waals surface area contributed by atoms with Crippen LogP contribution >= 0.6 is 11.3 Å². The molecule has 9 heteroatoms. The summed E-state index contributed by atoms with van der Waals surface area (Å²) in [7, 11) is -4.20. The molecule has 0 aliphatic rings. The summed E-state index contributed by atoms with van der Waals surface area (Å²) in [5, 5.41) is 8.87. The molecule has 0 bridgehead atoms. The van der Waals surface area contributed by atoms with E-state index in [9.17, 15) is 21.6 Å². The molecule has 0 saturated heterocycles. The third kappa shape index (κ3) is 4.16. The highest BCUT2D eigenvalue weighted by molar-refractivity contribution is 7.91. The lowest BCUT2D eigenvalue weighted by molar-refractivity contribution is -0.138. The number of hydrogen-bond donors (Lipinski definition) is 1. The van der Waals surface area contributed by atoms with Crippen LogP contribution in [0.15, 0.2) is 16.3 Å². The molecule has 0 radical (unpaired) electrons. The standard InChI is InChI=1S/C10H14F3NO3S2/c1-7(2)14(6-10(11,12)13)19(16,17)9-4-3-8(5-15)18-9/h3-4,7,15H,5-6H2,1-2H3. The predicted octanol–water partition coefficient (Wildman–Crippen LogP) is 2.20. The average Bonchev–Trinajstić information content (AvgIpc) is 2.73. The second-order valence-electron chi connectivity index (χ2n) is 4.14. The fourth-order valence-corrected chi connectivity index (χ4v) is 4.39. The average molecular weight is 317 g/mol. The van der Waals surface area contributed by atoms with Crippen molar-refractivity contribution in [3.63, 3.8) is 0 Å². The summed E-state index contributed by atoms with van der Waals surface area (Å²) in [6, 6.07) is 1.77. The fraction of sp³-hybridized carbons (Fsp3) is 0.600. The quantitative estimate of drug-likeness (QED) is 0.906. The Morgan fingerprint density at radius 2 is 1.95 bits per heavy atom. The van der Waals surface area contributed by atoms with E-state index in [0.717, 1.165) is 11.3 Å². The number of hydrogen-bond acceptors (Lipinski definition) is 4. The molecule has 0 aliphatic carbocycles. The van der Waals surface area contributed by atoms with Crippen LogP contribution in [0, 0.1) is 0 Å². The van der Waals surface area contributed by atoms with Crippen LogP contribution in [0.3, 0.4) is 0 Å². The molecule has 1 aromatic rings. The maximum atomic E-state index is 12.4.